The zero-order chi connectivity index (χ0) is 22.9. The number of nitriles is 1. The molecule has 0 aliphatic carbocycles. The van der Waals surface area contributed by atoms with Crippen LogP contribution in [0.1, 0.15) is 17.5 Å². The minimum absolute atomic E-state index is 0. The van der Waals surface area contributed by atoms with E-state index in [1.165, 1.54) is 12.1 Å². The van der Waals surface area contributed by atoms with E-state index >= 15 is 0 Å². The highest BCUT2D eigenvalue weighted by Crippen LogP contribution is 2.35. The van der Waals surface area contributed by atoms with Gasteiger partial charge in [0.15, 0.2) is 5.65 Å². The minimum Gasteiger partial charge on any atom is -0.371 e. The van der Waals surface area contributed by atoms with Gasteiger partial charge in [0.25, 0.3) is 0 Å². The maximum Gasteiger partial charge on any atom is 0.416 e. The lowest BCUT2D eigenvalue weighted by atomic mass is 10.00. The van der Waals surface area contributed by atoms with E-state index in [0.717, 1.165) is 41.9 Å². The van der Waals surface area contributed by atoms with Gasteiger partial charge in [-0.25, -0.2) is 4.98 Å². The number of nitrogens with one attached hydrogen (secondary N) is 1. The second-order valence-electron chi connectivity index (χ2n) is 7.85. The van der Waals surface area contributed by atoms with Gasteiger partial charge in [0, 0.05) is 12.1 Å². The lowest BCUT2D eigenvalue weighted by molar-refractivity contribution is -0.137. The standard InChI is InChI=1S/C24H22F3N5.2ClH/c1-31(2)13-5-12-29-22-14-18(16-8-10-17(11-9-16)24(25,26)27)19(15-28)23-30-20-6-3-4-7-21(20)32(22)23;;/h3-4,6-11,14,29H,5,12-13H2,1-2H3;2*1H. The summed E-state index contributed by atoms with van der Waals surface area (Å²) in [5.41, 5.74) is 2.73. The van der Waals surface area contributed by atoms with Crippen molar-refractivity contribution in [2.45, 2.75) is 12.6 Å². The molecule has 0 amide bonds. The average molecular weight is 510 g/mol. The number of nitrogens with zero attached hydrogens (tertiary/aromatic N) is 4. The van der Waals surface area contributed by atoms with Gasteiger partial charge in [-0.2, -0.15) is 18.4 Å². The molecule has 4 aromatic rings. The fourth-order valence-corrected chi connectivity index (χ4v) is 3.75. The minimum atomic E-state index is -4.42. The molecule has 5 nitrogen and oxygen atoms in total. The van der Waals surface area contributed by atoms with Gasteiger partial charge in [0.05, 0.1) is 16.6 Å². The number of anilines is 1. The third-order valence-electron chi connectivity index (χ3n) is 5.30. The predicted molar refractivity (Wildman–Crippen MR) is 134 cm³/mol. The fraction of sp³-hybridized carbons (Fsp3) is 0.250. The first-order valence-electron chi connectivity index (χ1n) is 10.2. The van der Waals surface area contributed by atoms with Crippen LogP contribution in [-0.4, -0.2) is 41.5 Å². The van der Waals surface area contributed by atoms with Crippen molar-refractivity contribution in [2.24, 2.45) is 0 Å². The number of benzene rings is 2. The summed E-state index contributed by atoms with van der Waals surface area (Å²) in [6.45, 7) is 1.60. The van der Waals surface area contributed by atoms with Crippen molar-refractivity contribution in [1.82, 2.24) is 14.3 Å². The van der Waals surface area contributed by atoms with Crippen molar-refractivity contribution in [3.05, 3.63) is 65.7 Å². The Kier molecular flexibility index (Phi) is 8.78. The number of pyridine rings is 1. The van der Waals surface area contributed by atoms with Gasteiger partial charge in [0.1, 0.15) is 17.5 Å². The van der Waals surface area contributed by atoms with E-state index in [4.69, 9.17) is 0 Å². The Hall–Kier alpha value is -2.99. The molecule has 0 bridgehead atoms. The molecular formula is C24H24Cl2F3N5. The third-order valence-corrected chi connectivity index (χ3v) is 5.30. The topological polar surface area (TPSA) is 56.4 Å². The van der Waals surface area contributed by atoms with Crippen LogP contribution < -0.4 is 5.32 Å². The van der Waals surface area contributed by atoms with Crippen LogP contribution in [0.2, 0.25) is 0 Å². The maximum atomic E-state index is 13.0. The van der Waals surface area contributed by atoms with Crippen LogP contribution in [0.3, 0.4) is 0 Å². The number of hydrogen-bond acceptors (Lipinski definition) is 4. The SMILES string of the molecule is CN(C)CCCNc1cc(-c2ccc(C(F)(F)F)cc2)c(C#N)c2nc3ccccc3n12.Cl.Cl. The van der Waals surface area contributed by atoms with Gasteiger partial charge in [-0.05, 0) is 63.0 Å². The summed E-state index contributed by atoms with van der Waals surface area (Å²) < 4.78 is 40.9. The molecule has 2 aromatic carbocycles. The van der Waals surface area contributed by atoms with Gasteiger partial charge in [-0.15, -0.1) is 24.8 Å². The molecule has 2 heterocycles. The van der Waals surface area contributed by atoms with Gasteiger partial charge < -0.3 is 10.2 Å². The maximum absolute atomic E-state index is 13.0. The van der Waals surface area contributed by atoms with E-state index in [2.05, 4.69) is 21.3 Å². The molecule has 2 aromatic heterocycles. The zero-order valence-corrected chi connectivity index (χ0v) is 20.2. The Balaban J connectivity index is 0.00000204. The summed E-state index contributed by atoms with van der Waals surface area (Å²) in [5, 5.41) is 13.4. The molecule has 0 radical (unpaired) electrons. The Labute approximate surface area is 208 Å². The number of para-hydroxylation sites is 2. The average Bonchev–Trinajstić information content (AvgIpc) is 3.15. The monoisotopic (exact) mass is 509 g/mol. The van der Waals surface area contributed by atoms with Crippen LogP contribution in [0.5, 0.6) is 0 Å². The molecule has 180 valence electrons. The van der Waals surface area contributed by atoms with Crippen molar-refractivity contribution in [2.75, 3.05) is 32.5 Å². The normalized spacial score (nSPS) is 11.2. The molecule has 0 aliphatic rings. The second kappa shape index (κ2) is 11.0. The number of hydrogen-bond donors (Lipinski definition) is 1. The summed E-state index contributed by atoms with van der Waals surface area (Å²) in [6.07, 6.45) is -3.52. The van der Waals surface area contributed by atoms with Crippen LogP contribution in [0.4, 0.5) is 19.0 Å². The molecule has 0 fully saturated rings. The summed E-state index contributed by atoms with van der Waals surface area (Å²) in [7, 11) is 4.01. The quantitative estimate of drug-likeness (QED) is 0.312. The van der Waals surface area contributed by atoms with E-state index < -0.39 is 11.7 Å². The van der Waals surface area contributed by atoms with E-state index in [0.29, 0.717) is 28.9 Å². The molecule has 0 unspecified atom stereocenters. The first kappa shape index (κ1) is 27.3. The lowest BCUT2D eigenvalue weighted by Gasteiger charge is -2.16. The number of aromatic nitrogens is 2. The van der Waals surface area contributed by atoms with E-state index in [1.807, 2.05) is 48.8 Å². The zero-order valence-electron chi connectivity index (χ0n) is 18.6. The molecule has 1 N–H and O–H groups in total. The summed E-state index contributed by atoms with van der Waals surface area (Å²) in [4.78, 5) is 6.75. The molecule has 0 saturated carbocycles. The summed E-state index contributed by atoms with van der Waals surface area (Å²) in [5.74, 6) is 0.737. The van der Waals surface area contributed by atoms with Crippen molar-refractivity contribution in [3.63, 3.8) is 0 Å². The fourth-order valence-electron chi connectivity index (χ4n) is 3.75. The number of halogens is 5. The molecular weight excluding hydrogens is 486 g/mol. The number of fused-ring (bicyclic) bond motifs is 3. The van der Waals surface area contributed by atoms with Crippen molar-refractivity contribution < 1.29 is 13.2 Å². The predicted octanol–water partition coefficient (Wildman–Crippen LogP) is 6.25. The van der Waals surface area contributed by atoms with Crippen LogP contribution in [0, 0.1) is 11.3 Å². The molecule has 4 rings (SSSR count). The van der Waals surface area contributed by atoms with Crippen molar-refractivity contribution in [1.29, 1.82) is 5.26 Å². The highest BCUT2D eigenvalue weighted by molar-refractivity contribution is 5.89. The third kappa shape index (κ3) is 5.39. The molecule has 10 heteroatoms. The highest BCUT2D eigenvalue weighted by atomic mass is 35.5. The first-order chi connectivity index (χ1) is 15.3. The summed E-state index contributed by atoms with van der Waals surface area (Å²) in [6, 6.07) is 16.5. The van der Waals surface area contributed by atoms with Crippen LogP contribution in [-0.2, 0) is 6.18 Å². The lowest BCUT2D eigenvalue weighted by Crippen LogP contribution is -2.17. The second-order valence-corrected chi connectivity index (χ2v) is 7.85. The Morgan fingerprint density at radius 2 is 1.74 bits per heavy atom. The Morgan fingerprint density at radius 3 is 2.35 bits per heavy atom. The first-order valence-corrected chi connectivity index (χ1v) is 10.2. The van der Waals surface area contributed by atoms with Gasteiger partial charge in [0.2, 0.25) is 0 Å². The van der Waals surface area contributed by atoms with Crippen molar-refractivity contribution in [3.8, 4) is 17.2 Å². The Morgan fingerprint density at radius 1 is 1.06 bits per heavy atom. The van der Waals surface area contributed by atoms with E-state index in [-0.39, 0.29) is 24.8 Å². The van der Waals surface area contributed by atoms with Crippen LogP contribution in [0.15, 0.2) is 54.6 Å². The number of alkyl halides is 3. The van der Waals surface area contributed by atoms with Crippen LogP contribution >= 0.6 is 24.8 Å². The van der Waals surface area contributed by atoms with Crippen molar-refractivity contribution >= 4 is 47.3 Å². The molecule has 0 atom stereocenters. The molecule has 0 aliphatic heterocycles. The number of rotatable bonds is 6. The number of imidazole rings is 1. The molecule has 0 spiro atoms. The van der Waals surface area contributed by atoms with Gasteiger partial charge >= 0.3 is 6.18 Å². The largest absolute Gasteiger partial charge is 0.416 e. The van der Waals surface area contributed by atoms with E-state index in [9.17, 15) is 18.4 Å². The summed E-state index contributed by atoms with van der Waals surface area (Å²) >= 11 is 0. The smallest absolute Gasteiger partial charge is 0.371 e. The van der Waals surface area contributed by atoms with Gasteiger partial charge in [-0.1, -0.05) is 24.3 Å². The van der Waals surface area contributed by atoms with Crippen LogP contribution in [0.25, 0.3) is 27.8 Å². The highest BCUT2D eigenvalue weighted by Gasteiger charge is 2.30. The van der Waals surface area contributed by atoms with Gasteiger partial charge in [-0.3, -0.25) is 4.40 Å². The molecule has 34 heavy (non-hydrogen) atoms. The Bertz CT molecular complexity index is 1310. The van der Waals surface area contributed by atoms with E-state index in [1.54, 1.807) is 0 Å². The molecule has 0 saturated heterocycles.